The van der Waals surface area contributed by atoms with E-state index in [1.165, 1.54) is 6.33 Å². The molecule has 0 radical (unpaired) electrons. The van der Waals surface area contributed by atoms with Crippen molar-refractivity contribution in [2.45, 2.75) is 38.5 Å². The molecule has 1 aliphatic carbocycles. The molecule has 1 fully saturated rings. The molecule has 8 heteroatoms. The van der Waals surface area contributed by atoms with Crippen LogP contribution in [0.2, 0.25) is 0 Å². The van der Waals surface area contributed by atoms with Crippen LogP contribution in [-0.4, -0.2) is 35.5 Å². The molecule has 0 amide bonds. The minimum Gasteiger partial charge on any atom is -0.508 e. The van der Waals surface area contributed by atoms with Crippen molar-refractivity contribution in [2.75, 3.05) is 5.32 Å². The van der Waals surface area contributed by atoms with E-state index in [4.69, 9.17) is 0 Å². The van der Waals surface area contributed by atoms with Crippen LogP contribution in [0.15, 0.2) is 41.6 Å². The number of anilines is 1. The zero-order valence-electron chi connectivity index (χ0n) is 15.8. The molecule has 8 nitrogen and oxygen atoms in total. The zero-order chi connectivity index (χ0) is 19.7. The fourth-order valence-electron chi connectivity index (χ4n) is 4.17. The van der Waals surface area contributed by atoms with E-state index in [1.807, 2.05) is 0 Å². The average Bonchev–Trinajstić information content (AvgIpc) is 2.93. The normalized spacial score (nSPS) is 20.9. The Morgan fingerprint density at radius 2 is 2.00 bits per heavy atom. The molecular formula is C20H25N5O3. The third-order valence-electron chi connectivity index (χ3n) is 5.79. The molecule has 148 valence electrons. The number of phenols is 1. The molecule has 0 spiro atoms. The maximum absolute atomic E-state index is 12.6. The molecule has 3 aromatic rings. The van der Waals surface area contributed by atoms with Gasteiger partial charge in [0, 0.05) is 31.8 Å². The van der Waals surface area contributed by atoms with Crippen LogP contribution in [0, 0.1) is 11.8 Å². The van der Waals surface area contributed by atoms with Crippen LogP contribution in [0.25, 0.3) is 11.0 Å². The van der Waals surface area contributed by atoms with Gasteiger partial charge < -0.3 is 15.5 Å². The number of rotatable bonds is 5. The smallest absolute Gasteiger partial charge is 0.328 e. The van der Waals surface area contributed by atoms with Crippen molar-refractivity contribution >= 4 is 16.9 Å². The molecule has 4 rings (SSSR count). The highest BCUT2D eigenvalue weighted by atomic mass is 16.3. The Kier molecular flexibility index (Phi) is 5.04. The van der Waals surface area contributed by atoms with E-state index >= 15 is 0 Å². The maximum Gasteiger partial charge on any atom is 0.328 e. The quantitative estimate of drug-likeness (QED) is 0.583. The first kappa shape index (κ1) is 18.5. The van der Waals surface area contributed by atoms with E-state index in [0.717, 1.165) is 36.7 Å². The lowest BCUT2D eigenvalue weighted by Gasteiger charge is -2.32. The molecule has 0 saturated heterocycles. The van der Waals surface area contributed by atoms with E-state index in [9.17, 15) is 15.0 Å². The van der Waals surface area contributed by atoms with Gasteiger partial charge in [0.15, 0.2) is 0 Å². The van der Waals surface area contributed by atoms with Gasteiger partial charge in [-0.2, -0.15) is 0 Å². The monoisotopic (exact) mass is 383 g/mol. The van der Waals surface area contributed by atoms with Gasteiger partial charge in [-0.15, -0.1) is 0 Å². The Bertz CT molecular complexity index is 1010. The van der Waals surface area contributed by atoms with Gasteiger partial charge >= 0.3 is 5.69 Å². The molecule has 1 unspecified atom stereocenters. The second kappa shape index (κ2) is 7.63. The van der Waals surface area contributed by atoms with Gasteiger partial charge in [0.05, 0.1) is 11.0 Å². The van der Waals surface area contributed by atoms with E-state index in [2.05, 4.69) is 15.3 Å². The molecule has 3 N–H and O–H groups in total. The minimum absolute atomic E-state index is 0.0619. The number of aromatic nitrogens is 4. The van der Waals surface area contributed by atoms with E-state index < -0.39 is 6.23 Å². The predicted molar refractivity (Wildman–Crippen MR) is 106 cm³/mol. The van der Waals surface area contributed by atoms with Crippen molar-refractivity contribution in [3.8, 4) is 5.75 Å². The predicted octanol–water partition coefficient (Wildman–Crippen LogP) is 2.07. The standard InChI is InChI=1S/C20H25N5O3/c1-24-16-7-6-15(26)10-17(16)25(20(24)28)11-13-2-4-14(5-3-13)19(27)23-18-8-9-21-12-22-18/h6-10,12-14,19,26-27H,2-5,11H2,1H3,(H,21,22,23). The van der Waals surface area contributed by atoms with Crippen LogP contribution >= 0.6 is 0 Å². The van der Waals surface area contributed by atoms with Gasteiger partial charge in [-0.3, -0.25) is 9.13 Å². The zero-order valence-corrected chi connectivity index (χ0v) is 15.8. The van der Waals surface area contributed by atoms with Gasteiger partial charge in [0.25, 0.3) is 0 Å². The Morgan fingerprint density at radius 3 is 2.71 bits per heavy atom. The Labute approximate surface area is 162 Å². The Morgan fingerprint density at radius 1 is 1.21 bits per heavy atom. The summed E-state index contributed by atoms with van der Waals surface area (Å²) in [5, 5.41) is 23.3. The Hall–Kier alpha value is -2.87. The highest BCUT2D eigenvalue weighted by Crippen LogP contribution is 2.32. The summed E-state index contributed by atoms with van der Waals surface area (Å²) in [6, 6.07) is 6.76. The second-order valence-corrected chi connectivity index (χ2v) is 7.59. The molecule has 1 atom stereocenters. The van der Waals surface area contributed by atoms with E-state index in [1.54, 1.807) is 46.6 Å². The van der Waals surface area contributed by atoms with Gasteiger partial charge in [0.1, 0.15) is 24.1 Å². The SMILES string of the molecule is Cn1c(=O)n(CC2CCC(C(O)Nc3ccncn3)CC2)c2cc(O)ccc21. The topological polar surface area (TPSA) is 105 Å². The molecule has 1 aromatic carbocycles. The van der Waals surface area contributed by atoms with Gasteiger partial charge in [0.2, 0.25) is 0 Å². The number of phenolic OH excluding ortho intramolecular Hbond substituents is 1. The number of imidazole rings is 1. The molecule has 2 aromatic heterocycles. The number of aliphatic hydroxyl groups excluding tert-OH is 1. The number of benzene rings is 1. The summed E-state index contributed by atoms with van der Waals surface area (Å²) in [5.74, 6) is 1.30. The van der Waals surface area contributed by atoms with Gasteiger partial charge in [-0.1, -0.05) is 0 Å². The lowest BCUT2D eigenvalue weighted by Crippen LogP contribution is -2.34. The number of aromatic hydroxyl groups is 1. The molecule has 2 heterocycles. The number of fused-ring (bicyclic) bond motifs is 1. The van der Waals surface area contributed by atoms with Crippen molar-refractivity contribution in [3.63, 3.8) is 0 Å². The summed E-state index contributed by atoms with van der Waals surface area (Å²) >= 11 is 0. The van der Waals surface area contributed by atoms with Crippen LogP contribution in [0.3, 0.4) is 0 Å². The number of nitrogens with one attached hydrogen (secondary N) is 1. The summed E-state index contributed by atoms with van der Waals surface area (Å²) in [5.41, 5.74) is 1.52. The Balaban J connectivity index is 1.41. The summed E-state index contributed by atoms with van der Waals surface area (Å²) < 4.78 is 3.38. The third-order valence-corrected chi connectivity index (χ3v) is 5.79. The van der Waals surface area contributed by atoms with Gasteiger partial charge in [-0.25, -0.2) is 14.8 Å². The number of aryl methyl sites for hydroxylation is 1. The number of hydrogen-bond acceptors (Lipinski definition) is 6. The van der Waals surface area contributed by atoms with Crippen LogP contribution in [0.1, 0.15) is 25.7 Å². The van der Waals surface area contributed by atoms with Crippen LogP contribution < -0.4 is 11.0 Å². The molecule has 1 saturated carbocycles. The highest BCUT2D eigenvalue weighted by molar-refractivity contribution is 5.77. The molecule has 0 bridgehead atoms. The third kappa shape index (κ3) is 3.60. The van der Waals surface area contributed by atoms with Crippen molar-refractivity contribution in [1.82, 2.24) is 19.1 Å². The minimum atomic E-state index is -0.645. The first-order valence-corrected chi connectivity index (χ1v) is 9.62. The van der Waals surface area contributed by atoms with Crippen molar-refractivity contribution in [1.29, 1.82) is 0 Å². The first-order valence-electron chi connectivity index (χ1n) is 9.62. The number of hydrogen-bond donors (Lipinski definition) is 3. The second-order valence-electron chi connectivity index (χ2n) is 7.59. The lowest BCUT2D eigenvalue weighted by molar-refractivity contribution is 0.0923. The largest absolute Gasteiger partial charge is 0.508 e. The van der Waals surface area contributed by atoms with Crippen LogP contribution in [0.5, 0.6) is 5.75 Å². The van der Waals surface area contributed by atoms with Crippen molar-refractivity contribution in [3.05, 3.63) is 47.3 Å². The van der Waals surface area contributed by atoms with Crippen molar-refractivity contribution < 1.29 is 10.2 Å². The van der Waals surface area contributed by atoms with Crippen LogP contribution in [-0.2, 0) is 13.6 Å². The first-order chi connectivity index (χ1) is 13.5. The summed E-state index contributed by atoms with van der Waals surface area (Å²) in [7, 11) is 1.75. The van der Waals surface area contributed by atoms with E-state index in [-0.39, 0.29) is 17.4 Å². The molecule has 1 aliphatic rings. The fourth-order valence-corrected chi connectivity index (χ4v) is 4.17. The fraction of sp³-hybridized carbons (Fsp3) is 0.450. The summed E-state index contributed by atoms with van der Waals surface area (Å²) in [4.78, 5) is 20.6. The molecular weight excluding hydrogens is 358 g/mol. The highest BCUT2D eigenvalue weighted by Gasteiger charge is 2.27. The van der Waals surface area contributed by atoms with E-state index in [0.29, 0.717) is 18.3 Å². The van der Waals surface area contributed by atoms with Gasteiger partial charge in [-0.05, 0) is 49.8 Å². The average molecular weight is 383 g/mol. The molecule has 0 aliphatic heterocycles. The van der Waals surface area contributed by atoms with Crippen LogP contribution in [0.4, 0.5) is 5.82 Å². The maximum atomic E-state index is 12.6. The summed E-state index contributed by atoms with van der Waals surface area (Å²) in [6.07, 6.45) is 6.09. The lowest BCUT2D eigenvalue weighted by atomic mass is 9.81. The number of nitrogens with zero attached hydrogens (tertiary/aromatic N) is 4. The number of aliphatic hydroxyl groups is 1. The van der Waals surface area contributed by atoms with Crippen molar-refractivity contribution in [2.24, 2.45) is 18.9 Å². The summed E-state index contributed by atoms with van der Waals surface area (Å²) in [6.45, 7) is 0.627. The molecule has 28 heavy (non-hydrogen) atoms.